The molecule has 2 heterocycles. The van der Waals surface area contributed by atoms with E-state index in [1.807, 2.05) is 13.8 Å². The van der Waals surface area contributed by atoms with Gasteiger partial charge in [-0.2, -0.15) is 0 Å². The first-order chi connectivity index (χ1) is 9.99. The molecule has 0 aromatic carbocycles. The Morgan fingerprint density at radius 3 is 2.62 bits per heavy atom. The summed E-state index contributed by atoms with van der Waals surface area (Å²) in [5.74, 6) is -1.64. The molecule has 21 heavy (non-hydrogen) atoms. The van der Waals surface area contributed by atoms with Crippen LogP contribution in [0.25, 0.3) is 11.1 Å². The van der Waals surface area contributed by atoms with Crippen LogP contribution in [0, 0.1) is 0 Å². The maximum absolute atomic E-state index is 12.2. The second-order valence-corrected chi connectivity index (χ2v) is 4.26. The minimum Gasteiger partial charge on any atom is -0.476 e. The molecule has 2 aromatic heterocycles. The number of hydrogen-bond donors (Lipinski definition) is 1. The quantitative estimate of drug-likeness (QED) is 0.821. The molecule has 0 saturated carbocycles. The zero-order valence-electron chi connectivity index (χ0n) is 11.6. The van der Waals surface area contributed by atoms with Crippen LogP contribution in [0.3, 0.4) is 0 Å². The van der Waals surface area contributed by atoms with E-state index in [0.29, 0.717) is 13.1 Å². The van der Waals surface area contributed by atoms with Gasteiger partial charge >= 0.3 is 5.97 Å². The van der Waals surface area contributed by atoms with Gasteiger partial charge in [0, 0.05) is 13.1 Å². The van der Waals surface area contributed by atoms with Crippen LogP contribution in [0.15, 0.2) is 15.6 Å². The van der Waals surface area contributed by atoms with Crippen molar-refractivity contribution in [3.05, 3.63) is 22.4 Å². The Morgan fingerprint density at radius 2 is 2.05 bits per heavy atom. The topological polar surface area (TPSA) is 119 Å². The van der Waals surface area contributed by atoms with Gasteiger partial charge in [0.2, 0.25) is 11.6 Å². The van der Waals surface area contributed by atoms with Crippen LogP contribution < -0.4 is 5.56 Å². The number of carbonyl (C=O) groups is 2. The van der Waals surface area contributed by atoms with E-state index in [9.17, 15) is 14.4 Å². The van der Waals surface area contributed by atoms with Crippen LogP contribution in [0.2, 0.25) is 0 Å². The molecule has 1 amide bonds. The Morgan fingerprint density at radius 1 is 1.38 bits per heavy atom. The lowest BCUT2D eigenvalue weighted by atomic mass is 10.3. The molecule has 0 aliphatic carbocycles. The molecule has 0 aliphatic rings. The molecule has 0 atom stereocenters. The molecule has 0 radical (unpaired) electrons. The number of carboxylic acids is 1. The zero-order chi connectivity index (χ0) is 15.6. The largest absolute Gasteiger partial charge is 0.476 e. The number of fused-ring (bicyclic) bond motifs is 1. The van der Waals surface area contributed by atoms with Crippen LogP contribution in [0.4, 0.5) is 0 Å². The maximum Gasteiger partial charge on any atom is 0.359 e. The Hall–Kier alpha value is -2.71. The van der Waals surface area contributed by atoms with E-state index < -0.39 is 17.2 Å². The smallest absolute Gasteiger partial charge is 0.359 e. The summed E-state index contributed by atoms with van der Waals surface area (Å²) in [6.07, 6.45) is 1.14. The van der Waals surface area contributed by atoms with Crippen molar-refractivity contribution in [1.29, 1.82) is 0 Å². The van der Waals surface area contributed by atoms with Crippen molar-refractivity contribution in [2.24, 2.45) is 0 Å². The highest BCUT2D eigenvalue weighted by molar-refractivity contribution is 5.98. The predicted octanol–water partition coefficient (Wildman–Crippen LogP) is -0.0489. The fourth-order valence-corrected chi connectivity index (χ4v) is 1.96. The van der Waals surface area contributed by atoms with E-state index >= 15 is 0 Å². The Balaban J connectivity index is 2.44. The third-order valence-electron chi connectivity index (χ3n) is 3.09. The molecule has 0 bridgehead atoms. The molecule has 9 nitrogen and oxygen atoms in total. The van der Waals surface area contributed by atoms with Gasteiger partial charge in [-0.15, -0.1) is 0 Å². The predicted molar refractivity (Wildman–Crippen MR) is 71.0 cm³/mol. The number of nitrogens with zero attached hydrogens (tertiary/aromatic N) is 4. The summed E-state index contributed by atoms with van der Waals surface area (Å²) in [6, 6.07) is 0. The Labute approximate surface area is 118 Å². The number of amides is 1. The fraction of sp³-hybridized carbons (Fsp3) is 0.417. The van der Waals surface area contributed by atoms with Gasteiger partial charge in [0.15, 0.2) is 0 Å². The average Bonchev–Trinajstić information content (AvgIpc) is 2.88. The van der Waals surface area contributed by atoms with Crippen LogP contribution in [0.1, 0.15) is 24.3 Å². The Bertz CT molecular complexity index is 744. The maximum atomic E-state index is 12.2. The molecule has 0 aliphatic heterocycles. The molecule has 2 aromatic rings. The molecule has 0 saturated heterocycles. The summed E-state index contributed by atoms with van der Waals surface area (Å²) >= 11 is 0. The van der Waals surface area contributed by atoms with Gasteiger partial charge in [-0.25, -0.2) is 9.78 Å². The number of rotatable bonds is 5. The summed E-state index contributed by atoms with van der Waals surface area (Å²) in [5, 5.41) is 12.0. The van der Waals surface area contributed by atoms with Crippen molar-refractivity contribution in [2.45, 2.75) is 20.4 Å². The molecule has 0 fully saturated rings. The van der Waals surface area contributed by atoms with Gasteiger partial charge in [-0.05, 0) is 13.8 Å². The van der Waals surface area contributed by atoms with Gasteiger partial charge in [0.1, 0.15) is 18.3 Å². The van der Waals surface area contributed by atoms with Gasteiger partial charge in [0.25, 0.3) is 11.3 Å². The van der Waals surface area contributed by atoms with Gasteiger partial charge in [0.05, 0.1) is 0 Å². The highest BCUT2D eigenvalue weighted by Crippen LogP contribution is 2.11. The van der Waals surface area contributed by atoms with E-state index in [-0.39, 0.29) is 23.6 Å². The molecular weight excluding hydrogens is 280 g/mol. The minimum absolute atomic E-state index is 0.163. The van der Waals surface area contributed by atoms with Gasteiger partial charge < -0.3 is 14.5 Å². The van der Waals surface area contributed by atoms with E-state index in [2.05, 4.69) is 10.1 Å². The zero-order valence-corrected chi connectivity index (χ0v) is 11.6. The third kappa shape index (κ3) is 2.62. The summed E-state index contributed by atoms with van der Waals surface area (Å²) in [6.45, 7) is 4.48. The van der Waals surface area contributed by atoms with Crippen LogP contribution in [-0.2, 0) is 11.3 Å². The Kier molecular flexibility index (Phi) is 4.01. The first kappa shape index (κ1) is 14.7. The molecule has 112 valence electrons. The number of aromatic nitrogens is 3. The lowest BCUT2D eigenvalue weighted by Gasteiger charge is -2.18. The van der Waals surface area contributed by atoms with E-state index in [1.165, 1.54) is 0 Å². The normalized spacial score (nSPS) is 10.8. The van der Waals surface area contributed by atoms with E-state index in [1.54, 1.807) is 4.90 Å². The molecule has 9 heteroatoms. The first-order valence-electron chi connectivity index (χ1n) is 6.35. The van der Waals surface area contributed by atoms with Crippen LogP contribution in [-0.4, -0.2) is 49.7 Å². The van der Waals surface area contributed by atoms with Crippen molar-refractivity contribution in [2.75, 3.05) is 13.1 Å². The standard InChI is InChI=1S/C12H14N4O5/c1-3-15(4-2)7(17)5-16-6-13-10-8(11(16)18)9(12(19)20)14-21-10/h6H,3-5H2,1-2H3,(H,19,20). The van der Waals surface area contributed by atoms with Gasteiger partial charge in [-0.1, -0.05) is 5.16 Å². The summed E-state index contributed by atoms with van der Waals surface area (Å²) in [4.78, 5) is 40.6. The summed E-state index contributed by atoms with van der Waals surface area (Å²) < 4.78 is 5.74. The van der Waals surface area contributed by atoms with Crippen molar-refractivity contribution in [3.63, 3.8) is 0 Å². The molecular formula is C12H14N4O5. The average molecular weight is 294 g/mol. The van der Waals surface area contributed by atoms with Crippen molar-refractivity contribution in [3.8, 4) is 0 Å². The molecule has 0 spiro atoms. The first-order valence-corrected chi connectivity index (χ1v) is 6.35. The summed E-state index contributed by atoms with van der Waals surface area (Å²) in [7, 11) is 0. The third-order valence-corrected chi connectivity index (χ3v) is 3.09. The number of likely N-dealkylation sites (N-methyl/N-ethyl adjacent to an activating group) is 1. The summed E-state index contributed by atoms with van der Waals surface area (Å²) in [5.41, 5.74) is -1.34. The van der Waals surface area contributed by atoms with Crippen molar-refractivity contribution >= 4 is 23.0 Å². The fourth-order valence-electron chi connectivity index (χ4n) is 1.96. The minimum atomic E-state index is -1.39. The second-order valence-electron chi connectivity index (χ2n) is 4.26. The van der Waals surface area contributed by atoms with Crippen molar-refractivity contribution < 1.29 is 19.2 Å². The molecule has 0 unspecified atom stereocenters. The van der Waals surface area contributed by atoms with Gasteiger partial charge in [-0.3, -0.25) is 14.2 Å². The number of hydrogen-bond acceptors (Lipinski definition) is 6. The van der Waals surface area contributed by atoms with Crippen LogP contribution in [0.5, 0.6) is 0 Å². The lowest BCUT2D eigenvalue weighted by Crippen LogP contribution is -2.36. The molecule has 1 N–H and O–H groups in total. The van der Waals surface area contributed by atoms with E-state index in [4.69, 9.17) is 9.63 Å². The van der Waals surface area contributed by atoms with Crippen LogP contribution >= 0.6 is 0 Å². The van der Waals surface area contributed by atoms with E-state index in [0.717, 1.165) is 10.9 Å². The second kappa shape index (κ2) is 5.73. The monoisotopic (exact) mass is 294 g/mol. The number of carboxylic acid groups (broad SMARTS) is 1. The molecule has 2 rings (SSSR count). The number of carbonyl (C=O) groups excluding carboxylic acids is 1. The highest BCUT2D eigenvalue weighted by atomic mass is 16.5. The number of aromatic carboxylic acids is 1. The lowest BCUT2D eigenvalue weighted by molar-refractivity contribution is -0.131. The highest BCUT2D eigenvalue weighted by Gasteiger charge is 2.21. The van der Waals surface area contributed by atoms with Crippen molar-refractivity contribution in [1.82, 2.24) is 19.6 Å². The SMILES string of the molecule is CCN(CC)C(=O)Cn1cnc2onc(C(=O)O)c2c1=O.